The fourth-order valence-electron chi connectivity index (χ4n) is 2.07. The van der Waals surface area contributed by atoms with Gasteiger partial charge in [-0.3, -0.25) is 24.5 Å². The fraction of sp³-hybridized carbons (Fsp3) is 0.200. The summed E-state index contributed by atoms with van der Waals surface area (Å²) >= 11 is 0. The Morgan fingerprint density at radius 1 is 1.26 bits per heavy atom. The third-order valence-electron chi connectivity index (χ3n) is 3.02. The first kappa shape index (κ1) is 16.2. The summed E-state index contributed by atoms with van der Waals surface area (Å²) in [6.45, 7) is 3.13. The van der Waals surface area contributed by atoms with Gasteiger partial charge in [-0.1, -0.05) is 19.1 Å². The first-order valence-corrected chi connectivity index (χ1v) is 6.92. The van der Waals surface area contributed by atoms with Crippen molar-refractivity contribution in [2.45, 2.75) is 20.3 Å². The lowest BCUT2D eigenvalue weighted by atomic mass is 10.1. The Morgan fingerprint density at radius 3 is 2.57 bits per heavy atom. The number of anilines is 1. The van der Waals surface area contributed by atoms with E-state index in [2.05, 4.69) is 15.3 Å². The maximum Gasteiger partial charge on any atom is 0.328 e. The Morgan fingerprint density at radius 2 is 1.96 bits per heavy atom. The van der Waals surface area contributed by atoms with Crippen molar-refractivity contribution in [3.8, 4) is 5.88 Å². The molecule has 2 aromatic rings. The predicted octanol–water partition coefficient (Wildman–Crippen LogP) is 1.26. The van der Waals surface area contributed by atoms with Crippen LogP contribution in [0.3, 0.4) is 0 Å². The normalized spacial score (nSPS) is 11.3. The molecule has 0 fully saturated rings. The van der Waals surface area contributed by atoms with Crippen molar-refractivity contribution in [1.82, 2.24) is 9.97 Å². The molecule has 0 spiro atoms. The second kappa shape index (κ2) is 6.73. The summed E-state index contributed by atoms with van der Waals surface area (Å²) in [6, 6.07) is 6.80. The number of amides is 1. The largest absolute Gasteiger partial charge is 0.494 e. The molecule has 1 aromatic heterocycles. The third-order valence-corrected chi connectivity index (χ3v) is 3.02. The van der Waals surface area contributed by atoms with Crippen LogP contribution < -0.4 is 16.6 Å². The SMILES string of the molecule is CCC(=Nc1ccccc1NC(C)=O)c1c(O)[nH]c(=O)[nH]c1=O. The zero-order valence-electron chi connectivity index (χ0n) is 12.6. The number of rotatable bonds is 4. The second-order valence-corrected chi connectivity index (χ2v) is 4.74. The quantitative estimate of drug-likeness (QED) is 0.633. The molecule has 1 heterocycles. The van der Waals surface area contributed by atoms with Crippen LogP contribution in [-0.4, -0.2) is 26.7 Å². The number of nitrogens with zero attached hydrogens (tertiary/aromatic N) is 1. The first-order valence-electron chi connectivity index (χ1n) is 6.92. The van der Waals surface area contributed by atoms with Crippen LogP contribution in [-0.2, 0) is 4.79 Å². The van der Waals surface area contributed by atoms with Crippen molar-refractivity contribution < 1.29 is 9.90 Å². The standard InChI is InChI=1S/C15H16N4O4/c1-3-9(12-13(21)18-15(23)19-14(12)22)17-11-7-5-4-6-10(11)16-8(2)20/h4-7H,3H2,1-2H3,(H,16,20)(H3,18,19,21,22,23). The van der Waals surface area contributed by atoms with E-state index in [-0.39, 0.29) is 17.2 Å². The van der Waals surface area contributed by atoms with E-state index in [4.69, 9.17) is 0 Å². The van der Waals surface area contributed by atoms with Gasteiger partial charge in [-0.2, -0.15) is 0 Å². The van der Waals surface area contributed by atoms with Crippen molar-refractivity contribution in [2.75, 3.05) is 5.32 Å². The maximum absolute atomic E-state index is 11.9. The van der Waals surface area contributed by atoms with Crippen molar-refractivity contribution in [3.05, 3.63) is 50.7 Å². The minimum Gasteiger partial charge on any atom is -0.494 e. The van der Waals surface area contributed by atoms with E-state index in [1.807, 2.05) is 4.98 Å². The molecular formula is C15H16N4O4. The number of benzene rings is 1. The van der Waals surface area contributed by atoms with Gasteiger partial charge in [0.25, 0.3) is 5.56 Å². The number of aliphatic imine (C=N–C) groups is 1. The Balaban J connectivity index is 2.59. The molecule has 23 heavy (non-hydrogen) atoms. The number of para-hydroxylation sites is 2. The van der Waals surface area contributed by atoms with Crippen LogP contribution in [0.2, 0.25) is 0 Å². The molecule has 0 radical (unpaired) electrons. The van der Waals surface area contributed by atoms with Gasteiger partial charge in [-0.15, -0.1) is 0 Å². The van der Waals surface area contributed by atoms with Crippen LogP contribution in [0.1, 0.15) is 25.8 Å². The predicted molar refractivity (Wildman–Crippen MR) is 86.6 cm³/mol. The molecule has 4 N–H and O–H groups in total. The molecule has 0 aliphatic carbocycles. The molecule has 8 nitrogen and oxygen atoms in total. The molecule has 0 aliphatic heterocycles. The number of aromatic hydroxyl groups is 1. The van der Waals surface area contributed by atoms with E-state index in [1.165, 1.54) is 6.92 Å². The average molecular weight is 316 g/mol. The maximum atomic E-state index is 11.9. The Kier molecular flexibility index (Phi) is 4.75. The number of hydrogen-bond acceptors (Lipinski definition) is 5. The molecule has 8 heteroatoms. The smallest absolute Gasteiger partial charge is 0.328 e. The van der Waals surface area contributed by atoms with Crippen LogP contribution in [0.4, 0.5) is 11.4 Å². The van der Waals surface area contributed by atoms with Crippen LogP contribution in [0, 0.1) is 0 Å². The van der Waals surface area contributed by atoms with Gasteiger partial charge in [0.2, 0.25) is 11.8 Å². The van der Waals surface area contributed by atoms with Gasteiger partial charge in [0.05, 0.1) is 17.1 Å². The van der Waals surface area contributed by atoms with Gasteiger partial charge < -0.3 is 10.4 Å². The van der Waals surface area contributed by atoms with E-state index in [1.54, 1.807) is 31.2 Å². The van der Waals surface area contributed by atoms with Crippen molar-refractivity contribution in [3.63, 3.8) is 0 Å². The number of carbonyl (C=O) groups is 1. The number of aromatic amines is 2. The first-order chi connectivity index (χ1) is 10.9. The van der Waals surface area contributed by atoms with Gasteiger partial charge >= 0.3 is 5.69 Å². The molecule has 0 unspecified atom stereocenters. The highest BCUT2D eigenvalue weighted by molar-refractivity contribution is 6.04. The molecule has 120 valence electrons. The van der Waals surface area contributed by atoms with Crippen molar-refractivity contribution in [2.24, 2.45) is 4.99 Å². The van der Waals surface area contributed by atoms with E-state index in [0.717, 1.165) is 0 Å². The molecule has 1 aromatic carbocycles. The van der Waals surface area contributed by atoms with Crippen LogP contribution >= 0.6 is 0 Å². The number of nitrogens with one attached hydrogen (secondary N) is 3. The molecule has 0 atom stereocenters. The minimum atomic E-state index is -0.801. The van der Waals surface area contributed by atoms with Crippen LogP contribution in [0.15, 0.2) is 38.8 Å². The molecule has 0 saturated heterocycles. The number of aromatic nitrogens is 2. The van der Waals surface area contributed by atoms with Gasteiger partial charge in [0.15, 0.2) is 0 Å². The van der Waals surface area contributed by atoms with E-state index >= 15 is 0 Å². The lowest BCUT2D eigenvalue weighted by molar-refractivity contribution is -0.114. The van der Waals surface area contributed by atoms with Gasteiger partial charge in [0, 0.05) is 6.92 Å². The highest BCUT2D eigenvalue weighted by atomic mass is 16.3. The van der Waals surface area contributed by atoms with Crippen LogP contribution in [0.25, 0.3) is 0 Å². The fourth-order valence-corrected chi connectivity index (χ4v) is 2.07. The Bertz CT molecular complexity index is 880. The van der Waals surface area contributed by atoms with Crippen molar-refractivity contribution in [1.29, 1.82) is 0 Å². The number of hydrogen-bond donors (Lipinski definition) is 4. The number of H-pyrrole nitrogens is 2. The highest BCUT2D eigenvalue weighted by Gasteiger charge is 2.15. The zero-order valence-corrected chi connectivity index (χ0v) is 12.6. The summed E-state index contributed by atoms with van der Waals surface area (Å²) < 4.78 is 0. The van der Waals surface area contributed by atoms with Gasteiger partial charge in [-0.25, -0.2) is 4.79 Å². The zero-order chi connectivity index (χ0) is 17.0. The van der Waals surface area contributed by atoms with E-state index in [0.29, 0.717) is 17.8 Å². The Labute approximate surface area is 130 Å². The second-order valence-electron chi connectivity index (χ2n) is 4.74. The average Bonchev–Trinajstić information content (AvgIpc) is 2.46. The summed E-state index contributed by atoms with van der Waals surface area (Å²) in [7, 11) is 0. The minimum absolute atomic E-state index is 0.107. The topological polar surface area (TPSA) is 127 Å². The summed E-state index contributed by atoms with van der Waals surface area (Å²) in [5.41, 5.74) is -0.451. The van der Waals surface area contributed by atoms with Crippen LogP contribution in [0.5, 0.6) is 5.88 Å². The number of carbonyl (C=O) groups excluding carboxylic acids is 1. The molecule has 1 amide bonds. The third kappa shape index (κ3) is 3.73. The lowest BCUT2D eigenvalue weighted by Gasteiger charge is -2.09. The molecular weight excluding hydrogens is 300 g/mol. The van der Waals surface area contributed by atoms with Gasteiger partial charge in [0.1, 0.15) is 5.56 Å². The van der Waals surface area contributed by atoms with E-state index < -0.39 is 17.1 Å². The Hall–Kier alpha value is -3.16. The highest BCUT2D eigenvalue weighted by Crippen LogP contribution is 2.26. The molecule has 0 bridgehead atoms. The van der Waals surface area contributed by atoms with E-state index in [9.17, 15) is 19.5 Å². The summed E-state index contributed by atoms with van der Waals surface area (Å²) in [4.78, 5) is 42.8. The lowest BCUT2D eigenvalue weighted by Crippen LogP contribution is -2.27. The monoisotopic (exact) mass is 316 g/mol. The van der Waals surface area contributed by atoms with Crippen molar-refractivity contribution >= 4 is 23.0 Å². The summed E-state index contributed by atoms with van der Waals surface area (Å²) in [6.07, 6.45) is 0.330. The molecule has 2 rings (SSSR count). The molecule has 0 saturated carbocycles. The van der Waals surface area contributed by atoms with Gasteiger partial charge in [-0.05, 0) is 18.6 Å². The summed E-state index contributed by atoms with van der Waals surface area (Å²) in [5.74, 6) is -0.799. The molecule has 0 aliphatic rings. The summed E-state index contributed by atoms with van der Waals surface area (Å²) in [5, 5.41) is 12.5.